The number of benzene rings is 1. The van der Waals surface area contributed by atoms with Gasteiger partial charge in [0.2, 0.25) is 0 Å². The summed E-state index contributed by atoms with van der Waals surface area (Å²) in [5.41, 5.74) is 12.6. The minimum Gasteiger partial charge on any atom is -0.384 e. The molecule has 0 amide bonds. The molecule has 2 heteroatoms. The maximum absolute atomic E-state index is 8.02. The quantitative estimate of drug-likeness (QED) is 0.547. The molecule has 0 aromatic heterocycles. The number of nitrogens with one attached hydrogen (secondary N) is 1. The van der Waals surface area contributed by atoms with Crippen LogP contribution in [-0.4, -0.2) is 5.84 Å². The Balaban J connectivity index is 2.10. The number of aryl methyl sites for hydroxylation is 1. The monoisotopic (exact) mass is 312 g/mol. The van der Waals surface area contributed by atoms with Crippen LogP contribution < -0.4 is 5.73 Å². The molecule has 3 rings (SSSR count). The maximum Gasteiger partial charge on any atom is 0.123 e. The molecule has 0 unspecified atom stereocenters. The van der Waals surface area contributed by atoms with E-state index in [9.17, 15) is 0 Å². The molecule has 2 aliphatic carbocycles. The highest BCUT2D eigenvalue weighted by Gasteiger charge is 2.27. The van der Waals surface area contributed by atoms with E-state index in [1.165, 1.54) is 75.3 Å². The summed E-state index contributed by atoms with van der Waals surface area (Å²) in [4.78, 5) is 0. The lowest BCUT2D eigenvalue weighted by Gasteiger charge is -2.32. The Hall–Kier alpha value is -1.31. The van der Waals surface area contributed by atoms with E-state index >= 15 is 0 Å². The van der Waals surface area contributed by atoms with Crippen LogP contribution in [0.15, 0.2) is 6.07 Å². The van der Waals surface area contributed by atoms with Gasteiger partial charge in [0.15, 0.2) is 0 Å². The van der Waals surface area contributed by atoms with Crippen LogP contribution in [0.2, 0.25) is 0 Å². The molecule has 2 saturated carbocycles. The first kappa shape index (κ1) is 16.5. The molecular formula is C21H32N2. The first-order chi connectivity index (χ1) is 11.1. The van der Waals surface area contributed by atoms with Gasteiger partial charge in [-0.3, -0.25) is 5.41 Å². The number of rotatable bonds is 3. The van der Waals surface area contributed by atoms with Gasteiger partial charge in [0.1, 0.15) is 5.84 Å². The van der Waals surface area contributed by atoms with Crippen molar-refractivity contribution in [2.24, 2.45) is 5.73 Å². The summed E-state index contributed by atoms with van der Waals surface area (Å²) < 4.78 is 0. The van der Waals surface area contributed by atoms with Crippen molar-refractivity contribution in [3.05, 3.63) is 33.9 Å². The first-order valence-corrected chi connectivity index (χ1v) is 9.58. The third kappa shape index (κ3) is 3.32. The van der Waals surface area contributed by atoms with Gasteiger partial charge in [0.25, 0.3) is 0 Å². The fourth-order valence-corrected chi connectivity index (χ4v) is 5.13. The summed E-state index contributed by atoms with van der Waals surface area (Å²) in [5.74, 6) is 1.67. The molecule has 2 nitrogen and oxygen atoms in total. The minimum atomic E-state index is 0.243. The highest BCUT2D eigenvalue weighted by Crippen LogP contribution is 2.43. The highest BCUT2D eigenvalue weighted by atomic mass is 14.7. The topological polar surface area (TPSA) is 49.9 Å². The van der Waals surface area contributed by atoms with Crippen molar-refractivity contribution in [2.45, 2.75) is 89.9 Å². The number of nitrogens with two attached hydrogens (primary N) is 1. The summed E-state index contributed by atoms with van der Waals surface area (Å²) in [6.07, 6.45) is 13.6. The summed E-state index contributed by atoms with van der Waals surface area (Å²) >= 11 is 0. The van der Waals surface area contributed by atoms with Crippen molar-refractivity contribution in [2.75, 3.05) is 0 Å². The van der Waals surface area contributed by atoms with Crippen LogP contribution in [0, 0.1) is 19.3 Å². The SMILES string of the molecule is Cc1cc(C2CCCCC2)c(C2CCCCC2)c(C)c1C(=N)N. The largest absolute Gasteiger partial charge is 0.384 e. The Morgan fingerprint density at radius 1 is 0.913 bits per heavy atom. The third-order valence-corrected chi connectivity index (χ3v) is 6.18. The lowest BCUT2D eigenvalue weighted by Crippen LogP contribution is -2.20. The molecule has 1 aromatic carbocycles. The Bertz CT molecular complexity index is 576. The molecule has 0 bridgehead atoms. The van der Waals surface area contributed by atoms with Crippen molar-refractivity contribution >= 4 is 5.84 Å². The van der Waals surface area contributed by atoms with Crippen LogP contribution >= 0.6 is 0 Å². The smallest absolute Gasteiger partial charge is 0.123 e. The lowest BCUT2D eigenvalue weighted by atomic mass is 9.73. The van der Waals surface area contributed by atoms with E-state index in [4.69, 9.17) is 11.1 Å². The average molecular weight is 313 g/mol. The molecule has 0 aliphatic heterocycles. The van der Waals surface area contributed by atoms with Crippen LogP contribution in [0.1, 0.15) is 104 Å². The molecule has 3 N–H and O–H groups in total. The number of amidine groups is 1. The first-order valence-electron chi connectivity index (χ1n) is 9.58. The van der Waals surface area contributed by atoms with E-state index in [1.54, 1.807) is 11.1 Å². The van der Waals surface area contributed by atoms with E-state index in [0.29, 0.717) is 5.92 Å². The van der Waals surface area contributed by atoms with Crippen LogP contribution in [0.4, 0.5) is 0 Å². The van der Waals surface area contributed by atoms with Gasteiger partial charge in [-0.15, -0.1) is 0 Å². The van der Waals surface area contributed by atoms with Crippen molar-refractivity contribution in [3.8, 4) is 0 Å². The van der Waals surface area contributed by atoms with Crippen molar-refractivity contribution in [1.29, 1.82) is 5.41 Å². The van der Waals surface area contributed by atoms with Gasteiger partial charge in [-0.2, -0.15) is 0 Å². The van der Waals surface area contributed by atoms with E-state index in [-0.39, 0.29) is 5.84 Å². The summed E-state index contributed by atoms with van der Waals surface area (Å²) in [6, 6.07) is 2.39. The van der Waals surface area contributed by atoms with Crippen molar-refractivity contribution in [3.63, 3.8) is 0 Å². The molecule has 2 aliphatic rings. The summed E-state index contributed by atoms with van der Waals surface area (Å²) in [5, 5.41) is 8.02. The predicted octanol–water partition coefficient (Wildman–Crippen LogP) is 5.68. The van der Waals surface area contributed by atoms with Gasteiger partial charge < -0.3 is 5.73 Å². The Morgan fingerprint density at radius 3 is 1.96 bits per heavy atom. The molecule has 0 radical (unpaired) electrons. The fourth-order valence-electron chi connectivity index (χ4n) is 5.13. The molecule has 0 spiro atoms. The van der Waals surface area contributed by atoms with E-state index in [0.717, 1.165) is 11.5 Å². The molecule has 0 atom stereocenters. The number of nitrogen functional groups attached to an aromatic ring is 1. The number of hydrogen-bond acceptors (Lipinski definition) is 1. The summed E-state index contributed by atoms with van der Waals surface area (Å²) in [7, 11) is 0. The Morgan fingerprint density at radius 2 is 1.43 bits per heavy atom. The molecule has 0 saturated heterocycles. The zero-order chi connectivity index (χ0) is 16.4. The molecule has 2 fully saturated rings. The second-order valence-electron chi connectivity index (χ2n) is 7.78. The highest BCUT2D eigenvalue weighted by molar-refractivity contribution is 5.98. The van der Waals surface area contributed by atoms with Gasteiger partial charge in [-0.25, -0.2) is 0 Å². The normalized spacial score (nSPS) is 20.6. The zero-order valence-corrected chi connectivity index (χ0v) is 14.9. The molecule has 126 valence electrons. The van der Waals surface area contributed by atoms with Crippen LogP contribution in [-0.2, 0) is 0 Å². The van der Waals surface area contributed by atoms with E-state index in [1.807, 2.05) is 0 Å². The molecule has 0 heterocycles. The Labute approximate surface area is 141 Å². The fraction of sp³-hybridized carbons (Fsp3) is 0.667. The van der Waals surface area contributed by atoms with Gasteiger partial charge in [0.05, 0.1) is 0 Å². The van der Waals surface area contributed by atoms with Gasteiger partial charge >= 0.3 is 0 Å². The van der Waals surface area contributed by atoms with E-state index in [2.05, 4.69) is 19.9 Å². The van der Waals surface area contributed by atoms with Gasteiger partial charge in [-0.1, -0.05) is 44.6 Å². The van der Waals surface area contributed by atoms with Crippen LogP contribution in [0.25, 0.3) is 0 Å². The number of hydrogen-bond donors (Lipinski definition) is 2. The van der Waals surface area contributed by atoms with Crippen molar-refractivity contribution < 1.29 is 0 Å². The molecule has 23 heavy (non-hydrogen) atoms. The zero-order valence-electron chi connectivity index (χ0n) is 14.9. The third-order valence-electron chi connectivity index (χ3n) is 6.18. The van der Waals surface area contributed by atoms with Crippen LogP contribution in [0.3, 0.4) is 0 Å². The van der Waals surface area contributed by atoms with Crippen molar-refractivity contribution in [1.82, 2.24) is 0 Å². The Kier molecular flexibility index (Phi) is 5.08. The minimum absolute atomic E-state index is 0.243. The predicted molar refractivity (Wildman–Crippen MR) is 98.6 cm³/mol. The van der Waals surface area contributed by atoms with Crippen LogP contribution in [0.5, 0.6) is 0 Å². The standard InChI is InChI=1S/C21H32N2/c1-14-13-18(16-9-5-3-6-10-16)20(15(2)19(14)21(22)23)17-11-7-4-8-12-17/h13,16-17H,3-12H2,1-2H3,(H3,22,23). The average Bonchev–Trinajstić information content (AvgIpc) is 2.55. The molecular weight excluding hydrogens is 280 g/mol. The van der Waals surface area contributed by atoms with Gasteiger partial charge in [-0.05, 0) is 73.6 Å². The second kappa shape index (κ2) is 7.07. The van der Waals surface area contributed by atoms with E-state index < -0.39 is 0 Å². The maximum atomic E-state index is 8.02. The lowest BCUT2D eigenvalue weighted by molar-refractivity contribution is 0.417. The summed E-state index contributed by atoms with van der Waals surface area (Å²) in [6.45, 7) is 4.36. The molecule has 1 aromatic rings. The second-order valence-corrected chi connectivity index (χ2v) is 7.78. The van der Waals surface area contributed by atoms with Gasteiger partial charge in [0, 0.05) is 5.56 Å².